The molecule has 0 aromatic heterocycles. The van der Waals surface area contributed by atoms with Crippen LogP contribution in [0.5, 0.6) is 0 Å². The zero-order chi connectivity index (χ0) is 26.1. The van der Waals surface area contributed by atoms with Crippen LogP contribution in [0, 0.1) is 22.7 Å². The predicted octanol–water partition coefficient (Wildman–Crippen LogP) is 4.24. The van der Waals surface area contributed by atoms with Crippen LogP contribution in [0.15, 0.2) is 36.5 Å². The molecule has 8 atom stereocenters. The van der Waals surface area contributed by atoms with Crippen LogP contribution in [0.4, 0.5) is 0 Å². The lowest BCUT2D eigenvalue weighted by atomic mass is 9.45. The van der Waals surface area contributed by atoms with Gasteiger partial charge in [-0.15, -0.1) is 0 Å². The molecule has 8 heteroatoms. The summed E-state index contributed by atoms with van der Waals surface area (Å²) in [5, 5.41) is 0. The number of methoxy groups -OCH3 is 1. The Balaban J connectivity index is 2.24. The van der Waals surface area contributed by atoms with Crippen LogP contribution >= 0.6 is 0 Å². The zero-order valence-corrected chi connectivity index (χ0v) is 21.6. The molecular formula is C27H38O8. The quantitative estimate of drug-likeness (QED) is 0.216. The van der Waals surface area contributed by atoms with Crippen LogP contribution in [0.2, 0.25) is 0 Å². The molecule has 0 aromatic rings. The van der Waals surface area contributed by atoms with Crippen molar-refractivity contribution in [2.75, 3.05) is 7.11 Å². The topological polar surface area (TPSA) is 97.4 Å². The van der Waals surface area contributed by atoms with E-state index in [0.717, 1.165) is 18.4 Å². The molecule has 194 valence electrons. The number of ether oxygens (including phenoxy) is 5. The molecule has 3 rings (SSSR count). The SMILES string of the molecule is C=CC(=C)CC[C@]1(C)[C@H]2C[C@@H](OC(C)=O)C=C3[C@H](OC(C)=O)O[C@H](OC(C)=O)[C@@]32[C@H](OC)C[C@@H]1C. The molecule has 1 saturated carbocycles. The second-order valence-electron chi connectivity index (χ2n) is 10.2. The highest BCUT2D eigenvalue weighted by molar-refractivity contribution is 5.68. The number of allylic oxidation sites excluding steroid dienone is 2. The van der Waals surface area contributed by atoms with Gasteiger partial charge in [0.25, 0.3) is 0 Å². The third-order valence-corrected chi connectivity index (χ3v) is 8.24. The van der Waals surface area contributed by atoms with E-state index >= 15 is 0 Å². The summed E-state index contributed by atoms with van der Waals surface area (Å²) in [6, 6.07) is 0. The molecule has 3 aliphatic rings. The highest BCUT2D eigenvalue weighted by Gasteiger charge is 2.71. The molecule has 0 radical (unpaired) electrons. The van der Waals surface area contributed by atoms with E-state index in [9.17, 15) is 14.4 Å². The summed E-state index contributed by atoms with van der Waals surface area (Å²) in [5.41, 5.74) is 0.329. The first-order chi connectivity index (χ1) is 16.4. The van der Waals surface area contributed by atoms with Crippen LogP contribution in [0.25, 0.3) is 0 Å². The van der Waals surface area contributed by atoms with Crippen molar-refractivity contribution in [3.63, 3.8) is 0 Å². The highest BCUT2D eigenvalue weighted by Crippen LogP contribution is 2.67. The van der Waals surface area contributed by atoms with E-state index in [0.29, 0.717) is 18.4 Å². The number of hydrogen-bond donors (Lipinski definition) is 0. The summed E-state index contributed by atoms with van der Waals surface area (Å²) in [4.78, 5) is 36.1. The number of esters is 3. The van der Waals surface area contributed by atoms with E-state index in [2.05, 4.69) is 27.0 Å². The standard InChI is InChI=1S/C27H38O8/c1-9-15(2)10-11-26(7)16(3)12-23(31-8)27-21(13-20(14-22(26)27)32-17(4)28)24(33-18(5)29)35-25(27)34-19(6)30/h9,13,16,20,22-25H,1-2,10-12,14H2,3-8H3/t16-,20-,22+,23+,24+,25-,26-,27-/m0/s1. The molecule has 2 fully saturated rings. The van der Waals surface area contributed by atoms with Crippen molar-refractivity contribution in [1.29, 1.82) is 0 Å². The van der Waals surface area contributed by atoms with Gasteiger partial charge in [-0.3, -0.25) is 19.1 Å². The maximum absolute atomic E-state index is 12.2. The molecule has 1 aliphatic heterocycles. The Hall–Kier alpha value is -2.45. The summed E-state index contributed by atoms with van der Waals surface area (Å²) >= 11 is 0. The van der Waals surface area contributed by atoms with E-state index in [1.807, 2.05) is 0 Å². The van der Waals surface area contributed by atoms with Gasteiger partial charge in [0.1, 0.15) is 6.10 Å². The lowest BCUT2D eigenvalue weighted by Crippen LogP contribution is -2.63. The minimum absolute atomic E-state index is 0.185. The van der Waals surface area contributed by atoms with E-state index < -0.39 is 42.0 Å². The van der Waals surface area contributed by atoms with Crippen molar-refractivity contribution in [3.05, 3.63) is 36.5 Å². The Kier molecular flexibility index (Phi) is 7.96. The van der Waals surface area contributed by atoms with E-state index in [4.69, 9.17) is 23.7 Å². The monoisotopic (exact) mass is 490 g/mol. The van der Waals surface area contributed by atoms with Crippen molar-refractivity contribution >= 4 is 17.9 Å². The average Bonchev–Trinajstić information content (AvgIpc) is 3.05. The Morgan fingerprint density at radius 1 is 1.11 bits per heavy atom. The molecule has 0 N–H and O–H groups in total. The van der Waals surface area contributed by atoms with E-state index in [-0.39, 0.29) is 23.4 Å². The maximum atomic E-state index is 12.2. The molecule has 0 bridgehead atoms. The largest absolute Gasteiger partial charge is 0.458 e. The number of carbonyl (C=O) groups is 3. The molecule has 0 amide bonds. The van der Waals surface area contributed by atoms with Crippen molar-refractivity contribution in [1.82, 2.24) is 0 Å². The van der Waals surface area contributed by atoms with Gasteiger partial charge < -0.3 is 18.9 Å². The van der Waals surface area contributed by atoms with Gasteiger partial charge in [0.2, 0.25) is 12.6 Å². The van der Waals surface area contributed by atoms with E-state index in [1.54, 1.807) is 19.3 Å². The number of hydrogen-bond acceptors (Lipinski definition) is 8. The van der Waals surface area contributed by atoms with Gasteiger partial charge in [-0.2, -0.15) is 0 Å². The Labute approximate surface area is 207 Å². The van der Waals surface area contributed by atoms with Gasteiger partial charge in [0, 0.05) is 33.5 Å². The second-order valence-corrected chi connectivity index (χ2v) is 10.2. The second kappa shape index (κ2) is 10.3. The molecule has 35 heavy (non-hydrogen) atoms. The fraction of sp³-hybridized carbons (Fsp3) is 0.667. The van der Waals surface area contributed by atoms with Crippen molar-refractivity contribution in [3.8, 4) is 0 Å². The van der Waals surface area contributed by atoms with Crippen molar-refractivity contribution in [2.45, 2.75) is 85.1 Å². The molecule has 8 nitrogen and oxygen atoms in total. The Morgan fingerprint density at radius 3 is 2.29 bits per heavy atom. The predicted molar refractivity (Wildman–Crippen MR) is 128 cm³/mol. The van der Waals surface area contributed by atoms with Crippen molar-refractivity contribution in [2.24, 2.45) is 22.7 Å². The first-order valence-corrected chi connectivity index (χ1v) is 12.1. The third kappa shape index (κ3) is 4.83. The fourth-order valence-corrected chi connectivity index (χ4v) is 6.49. The summed E-state index contributed by atoms with van der Waals surface area (Å²) in [6.07, 6.45) is 3.18. The molecule has 2 aliphatic carbocycles. The molecule has 1 spiro atoms. The molecule has 0 unspecified atom stereocenters. The van der Waals surface area contributed by atoms with Crippen molar-refractivity contribution < 1.29 is 38.1 Å². The van der Waals surface area contributed by atoms with Crippen LogP contribution in [0.3, 0.4) is 0 Å². The molecule has 1 saturated heterocycles. The summed E-state index contributed by atoms with van der Waals surface area (Å²) in [7, 11) is 1.63. The van der Waals surface area contributed by atoms with Gasteiger partial charge in [-0.25, -0.2) is 0 Å². The minimum Gasteiger partial charge on any atom is -0.458 e. The summed E-state index contributed by atoms with van der Waals surface area (Å²) in [6.45, 7) is 16.3. The molecule has 1 heterocycles. The number of rotatable bonds is 8. The summed E-state index contributed by atoms with van der Waals surface area (Å²) < 4.78 is 29.2. The highest BCUT2D eigenvalue weighted by atomic mass is 16.8. The maximum Gasteiger partial charge on any atom is 0.305 e. The smallest absolute Gasteiger partial charge is 0.305 e. The number of carbonyl (C=O) groups excluding carboxylic acids is 3. The zero-order valence-electron chi connectivity index (χ0n) is 21.6. The molecule has 0 aromatic carbocycles. The fourth-order valence-electron chi connectivity index (χ4n) is 6.49. The van der Waals surface area contributed by atoms with Crippen LogP contribution < -0.4 is 0 Å². The first-order valence-electron chi connectivity index (χ1n) is 12.1. The summed E-state index contributed by atoms with van der Waals surface area (Å²) in [5.74, 6) is -1.43. The minimum atomic E-state index is -1.09. The van der Waals surface area contributed by atoms with Crippen LogP contribution in [0.1, 0.15) is 60.3 Å². The Morgan fingerprint density at radius 2 is 1.74 bits per heavy atom. The van der Waals surface area contributed by atoms with Crippen LogP contribution in [-0.4, -0.2) is 49.8 Å². The normalized spacial score (nSPS) is 37.8. The van der Waals surface area contributed by atoms with Gasteiger partial charge in [0.05, 0.1) is 11.5 Å². The van der Waals surface area contributed by atoms with Gasteiger partial charge in [-0.05, 0) is 49.0 Å². The van der Waals surface area contributed by atoms with Gasteiger partial charge in [-0.1, -0.05) is 38.7 Å². The first kappa shape index (κ1) is 27.1. The van der Waals surface area contributed by atoms with E-state index in [1.165, 1.54) is 20.8 Å². The van der Waals surface area contributed by atoms with Gasteiger partial charge in [0.15, 0.2) is 0 Å². The van der Waals surface area contributed by atoms with Crippen LogP contribution in [-0.2, 0) is 38.1 Å². The Bertz CT molecular complexity index is 922. The van der Waals surface area contributed by atoms with Gasteiger partial charge >= 0.3 is 17.9 Å². The molecular weight excluding hydrogens is 452 g/mol. The lowest BCUT2D eigenvalue weighted by Gasteiger charge is -2.61. The third-order valence-electron chi connectivity index (χ3n) is 8.24. The lowest BCUT2D eigenvalue weighted by molar-refractivity contribution is -0.257. The average molecular weight is 491 g/mol.